The Labute approximate surface area is 252 Å². The van der Waals surface area contributed by atoms with E-state index in [1.165, 1.54) is 30.4 Å². The lowest BCUT2D eigenvalue weighted by Crippen LogP contribution is -2.51. The van der Waals surface area contributed by atoms with Gasteiger partial charge in [-0.2, -0.15) is 0 Å². The smallest absolute Gasteiger partial charge is 0.260 e. The molecule has 0 bridgehead atoms. The molecular formula is C36H52N2O4. The number of allylic oxidation sites excluding steroid dienone is 2. The maximum absolute atomic E-state index is 12.7. The van der Waals surface area contributed by atoms with E-state index in [9.17, 15) is 9.90 Å². The molecular weight excluding hydrogens is 524 g/mol. The van der Waals surface area contributed by atoms with Crippen LogP contribution in [0.3, 0.4) is 0 Å². The highest BCUT2D eigenvalue weighted by molar-refractivity contribution is 5.96. The van der Waals surface area contributed by atoms with Gasteiger partial charge >= 0.3 is 0 Å². The number of hydrogen-bond acceptors (Lipinski definition) is 5. The highest BCUT2D eigenvalue weighted by Crippen LogP contribution is 2.65. The van der Waals surface area contributed by atoms with Crippen molar-refractivity contribution in [3.8, 4) is 0 Å². The van der Waals surface area contributed by atoms with Crippen LogP contribution in [0.4, 0.5) is 0 Å². The Morgan fingerprint density at radius 3 is 2.62 bits per heavy atom. The summed E-state index contributed by atoms with van der Waals surface area (Å²) in [7, 11) is 0. The maximum Gasteiger partial charge on any atom is 0.260 e. The zero-order valence-electron chi connectivity index (χ0n) is 26.3. The van der Waals surface area contributed by atoms with Crippen LogP contribution in [0.1, 0.15) is 104 Å². The van der Waals surface area contributed by atoms with Crippen molar-refractivity contribution in [2.24, 2.45) is 33.7 Å². The van der Waals surface area contributed by atoms with Crippen molar-refractivity contribution in [2.45, 2.75) is 115 Å². The van der Waals surface area contributed by atoms with Crippen molar-refractivity contribution in [3.63, 3.8) is 0 Å². The largest absolute Gasteiger partial charge is 0.393 e. The van der Waals surface area contributed by atoms with Crippen LogP contribution in [0.25, 0.3) is 0 Å². The van der Waals surface area contributed by atoms with Gasteiger partial charge in [-0.05, 0) is 125 Å². The minimum atomic E-state index is -0.183. The summed E-state index contributed by atoms with van der Waals surface area (Å²) in [5.74, 6) is 1.98. The molecule has 0 aromatic heterocycles. The van der Waals surface area contributed by atoms with E-state index in [0.717, 1.165) is 69.6 Å². The first kappa shape index (κ1) is 29.9. The van der Waals surface area contributed by atoms with Gasteiger partial charge in [0.25, 0.3) is 5.91 Å². The number of oxime groups is 1. The fraction of sp³-hybridized carbons (Fsp3) is 0.722. The summed E-state index contributed by atoms with van der Waals surface area (Å²) in [5.41, 5.74) is 3.98. The number of nitrogens with one attached hydrogen (secondary N) is 1. The predicted molar refractivity (Wildman–Crippen MR) is 166 cm³/mol. The number of amides is 1. The van der Waals surface area contributed by atoms with Crippen LogP contribution in [-0.2, 0) is 19.8 Å². The molecule has 7 atom stereocenters. The summed E-state index contributed by atoms with van der Waals surface area (Å²) >= 11 is 0. The Morgan fingerprint density at radius 1 is 1.02 bits per heavy atom. The monoisotopic (exact) mass is 576 g/mol. The van der Waals surface area contributed by atoms with E-state index in [0.29, 0.717) is 18.4 Å². The molecule has 1 saturated heterocycles. The number of ether oxygens (including phenoxy) is 1. The first-order valence-electron chi connectivity index (χ1n) is 16.6. The minimum Gasteiger partial charge on any atom is -0.393 e. The Kier molecular flexibility index (Phi) is 8.10. The van der Waals surface area contributed by atoms with Crippen molar-refractivity contribution in [3.05, 3.63) is 47.5 Å². The van der Waals surface area contributed by atoms with Gasteiger partial charge in [0.2, 0.25) is 0 Å². The molecule has 0 radical (unpaired) electrons. The van der Waals surface area contributed by atoms with E-state index >= 15 is 0 Å². The first-order valence-corrected chi connectivity index (χ1v) is 16.6. The Hall–Kier alpha value is -2.18. The van der Waals surface area contributed by atoms with E-state index in [-0.39, 0.29) is 40.5 Å². The molecule has 4 aliphatic carbocycles. The fourth-order valence-electron chi connectivity index (χ4n) is 10.2. The SMILES string of the molecule is CC1(C)C[C@](CCNC(=O)CO/N=C2\C=C3CC[C@H]4[C@@H]5CC[C@H](O)[C@@]5(C)CC[C@@H]4[C@@]3(C)CC2)(c2ccccc2)CCO1. The van der Waals surface area contributed by atoms with Crippen LogP contribution >= 0.6 is 0 Å². The molecule has 6 heteroatoms. The summed E-state index contributed by atoms with van der Waals surface area (Å²) < 4.78 is 6.03. The number of aliphatic hydroxyl groups excluding tert-OH is 1. The lowest BCUT2D eigenvalue weighted by molar-refractivity contribution is -0.125. The maximum atomic E-state index is 12.7. The topological polar surface area (TPSA) is 80.2 Å². The average molecular weight is 577 g/mol. The highest BCUT2D eigenvalue weighted by atomic mass is 16.6. The average Bonchev–Trinajstić information content (AvgIpc) is 3.27. The third kappa shape index (κ3) is 5.47. The molecule has 1 aliphatic heterocycles. The second kappa shape index (κ2) is 11.4. The summed E-state index contributed by atoms with van der Waals surface area (Å²) in [4.78, 5) is 18.3. The van der Waals surface area contributed by atoms with Gasteiger partial charge in [-0.3, -0.25) is 4.79 Å². The molecule has 1 heterocycles. The molecule has 230 valence electrons. The number of aliphatic hydroxyl groups is 1. The number of carbonyl (C=O) groups excluding carboxylic acids is 1. The molecule has 1 aromatic rings. The van der Waals surface area contributed by atoms with Crippen molar-refractivity contribution in [1.82, 2.24) is 5.32 Å². The standard InChI is InChI=1S/C36H52N2O4/c1-33(2)24-36(19-21-41-33,25-8-6-5-7-9-25)18-20-37-32(40)23-42-38-27-14-16-34(3)26(22-27)10-11-28-29-12-13-31(39)35(29,4)17-15-30(28)34/h5-9,22,28-31,39H,10-21,23-24H2,1-4H3,(H,37,40)/b38-27-/t28-,29-,30-,31-,34-,35-,36+/m0/s1. The van der Waals surface area contributed by atoms with E-state index in [1.807, 2.05) is 0 Å². The van der Waals surface area contributed by atoms with E-state index in [1.54, 1.807) is 0 Å². The third-order valence-corrected chi connectivity index (χ3v) is 12.5. The molecule has 6 nitrogen and oxygen atoms in total. The molecule has 0 spiro atoms. The molecule has 1 amide bonds. The predicted octanol–water partition coefficient (Wildman–Crippen LogP) is 6.72. The van der Waals surface area contributed by atoms with Gasteiger partial charge in [0.1, 0.15) is 0 Å². The summed E-state index contributed by atoms with van der Waals surface area (Å²) in [6, 6.07) is 10.7. The van der Waals surface area contributed by atoms with E-state index in [2.05, 4.69) is 74.6 Å². The normalized spacial score (nSPS) is 39.9. The third-order valence-electron chi connectivity index (χ3n) is 12.5. The van der Waals surface area contributed by atoms with Crippen LogP contribution in [0.15, 0.2) is 47.1 Å². The molecule has 5 aliphatic rings. The molecule has 4 fully saturated rings. The second-order valence-electron chi connectivity index (χ2n) is 15.3. The van der Waals surface area contributed by atoms with Crippen LogP contribution in [0.2, 0.25) is 0 Å². The van der Waals surface area contributed by atoms with Gasteiger partial charge in [0.05, 0.1) is 17.4 Å². The van der Waals surface area contributed by atoms with E-state index < -0.39 is 0 Å². The van der Waals surface area contributed by atoms with Gasteiger partial charge in [-0.15, -0.1) is 0 Å². The Morgan fingerprint density at radius 2 is 1.83 bits per heavy atom. The Balaban J connectivity index is 1.02. The molecule has 2 N–H and O–H groups in total. The van der Waals surface area contributed by atoms with Crippen molar-refractivity contribution in [1.29, 1.82) is 0 Å². The van der Waals surface area contributed by atoms with Crippen LogP contribution < -0.4 is 5.32 Å². The van der Waals surface area contributed by atoms with E-state index in [4.69, 9.17) is 9.57 Å². The van der Waals surface area contributed by atoms with Gasteiger partial charge in [0.15, 0.2) is 6.61 Å². The number of fused-ring (bicyclic) bond motifs is 5. The summed E-state index contributed by atoms with van der Waals surface area (Å²) in [5, 5.41) is 18.3. The van der Waals surface area contributed by atoms with Gasteiger partial charge in [0, 0.05) is 18.6 Å². The molecule has 6 rings (SSSR count). The number of nitrogens with zero attached hydrogens (tertiary/aromatic N) is 1. The quantitative estimate of drug-likeness (QED) is 0.353. The van der Waals surface area contributed by atoms with Crippen LogP contribution in [0, 0.1) is 28.6 Å². The van der Waals surface area contributed by atoms with Gasteiger partial charge in [-0.25, -0.2) is 0 Å². The number of hydrogen-bond donors (Lipinski definition) is 2. The van der Waals surface area contributed by atoms with Gasteiger partial charge < -0.3 is 20.0 Å². The zero-order chi connectivity index (χ0) is 29.6. The molecule has 0 unspecified atom stereocenters. The van der Waals surface area contributed by atoms with Crippen LogP contribution in [0.5, 0.6) is 0 Å². The molecule has 1 aromatic carbocycles. The summed E-state index contributed by atoms with van der Waals surface area (Å²) in [6.45, 7) is 10.4. The molecule has 42 heavy (non-hydrogen) atoms. The zero-order valence-corrected chi connectivity index (χ0v) is 26.3. The number of rotatable bonds is 7. The lowest BCUT2D eigenvalue weighted by Gasteiger charge is -2.57. The van der Waals surface area contributed by atoms with Crippen molar-refractivity contribution in [2.75, 3.05) is 19.8 Å². The lowest BCUT2D eigenvalue weighted by atomic mass is 9.47. The number of carbonyl (C=O) groups is 1. The van der Waals surface area contributed by atoms with Gasteiger partial charge in [-0.1, -0.05) is 54.9 Å². The summed E-state index contributed by atoms with van der Waals surface area (Å²) in [6.07, 6.45) is 13.8. The fourth-order valence-corrected chi connectivity index (χ4v) is 10.2. The van der Waals surface area contributed by atoms with Crippen molar-refractivity contribution < 1.29 is 19.5 Å². The van der Waals surface area contributed by atoms with Crippen molar-refractivity contribution >= 4 is 11.6 Å². The second-order valence-corrected chi connectivity index (χ2v) is 15.3. The first-order chi connectivity index (χ1) is 20.0. The minimum absolute atomic E-state index is 0.00810. The molecule has 3 saturated carbocycles. The number of benzene rings is 1. The van der Waals surface area contributed by atoms with Crippen LogP contribution in [-0.4, -0.2) is 48.2 Å². The highest BCUT2D eigenvalue weighted by Gasteiger charge is 2.58. The Bertz CT molecular complexity index is 1210.